The van der Waals surface area contributed by atoms with Gasteiger partial charge >= 0.3 is 0 Å². The third kappa shape index (κ3) is 5.69. The van der Waals surface area contributed by atoms with Gasteiger partial charge in [0, 0.05) is 19.1 Å². The normalized spacial score (nSPS) is 12.2. The van der Waals surface area contributed by atoms with Crippen LogP contribution in [0.1, 0.15) is 25.0 Å². The first-order valence-electron chi connectivity index (χ1n) is 8.17. The topological polar surface area (TPSA) is 56.5 Å². The van der Waals surface area contributed by atoms with Gasteiger partial charge in [-0.1, -0.05) is 30.3 Å². The highest BCUT2D eigenvalue weighted by Gasteiger charge is 2.15. The number of nitrogens with zero attached hydrogens (tertiary/aromatic N) is 2. The SMILES string of the molecule is CC(C)N(Cc1ccccc1)C[C@@H](O)COc1ccc(C#N)cc1. The molecule has 0 saturated carbocycles. The molecule has 2 aromatic rings. The lowest BCUT2D eigenvalue weighted by Crippen LogP contribution is -2.39. The van der Waals surface area contributed by atoms with Gasteiger partial charge in [0.05, 0.1) is 11.6 Å². The van der Waals surface area contributed by atoms with Crippen LogP contribution in [0.15, 0.2) is 54.6 Å². The smallest absolute Gasteiger partial charge is 0.119 e. The highest BCUT2D eigenvalue weighted by Crippen LogP contribution is 2.13. The Morgan fingerprint density at radius 2 is 1.75 bits per heavy atom. The van der Waals surface area contributed by atoms with Gasteiger partial charge in [-0.15, -0.1) is 0 Å². The predicted molar refractivity (Wildman–Crippen MR) is 94.6 cm³/mol. The maximum absolute atomic E-state index is 10.3. The molecule has 0 spiro atoms. The minimum atomic E-state index is -0.577. The molecule has 0 aliphatic rings. The lowest BCUT2D eigenvalue weighted by atomic mass is 10.1. The summed E-state index contributed by atoms with van der Waals surface area (Å²) in [7, 11) is 0. The molecule has 0 saturated heterocycles. The first-order chi connectivity index (χ1) is 11.6. The molecular formula is C20H24N2O2. The van der Waals surface area contributed by atoms with Gasteiger partial charge in [-0.3, -0.25) is 4.90 Å². The van der Waals surface area contributed by atoms with Crippen molar-refractivity contribution in [3.8, 4) is 11.8 Å². The molecule has 0 aliphatic carbocycles. The zero-order chi connectivity index (χ0) is 17.4. The number of ether oxygens (including phenoxy) is 1. The molecule has 0 heterocycles. The van der Waals surface area contributed by atoms with Crippen LogP contribution >= 0.6 is 0 Å². The van der Waals surface area contributed by atoms with Crippen LogP contribution < -0.4 is 4.74 Å². The van der Waals surface area contributed by atoms with Crippen LogP contribution in [0.3, 0.4) is 0 Å². The standard InChI is InChI=1S/C20H24N2O2/c1-16(2)22(13-18-6-4-3-5-7-18)14-19(23)15-24-20-10-8-17(12-21)9-11-20/h3-11,16,19,23H,13-15H2,1-2H3/t19-/m1/s1. The van der Waals surface area contributed by atoms with Crippen molar-refractivity contribution in [2.45, 2.75) is 32.5 Å². The van der Waals surface area contributed by atoms with Crippen molar-refractivity contribution < 1.29 is 9.84 Å². The molecule has 24 heavy (non-hydrogen) atoms. The second-order valence-electron chi connectivity index (χ2n) is 6.11. The van der Waals surface area contributed by atoms with E-state index in [4.69, 9.17) is 10.00 Å². The third-order valence-electron chi connectivity index (χ3n) is 3.83. The van der Waals surface area contributed by atoms with Crippen LogP contribution in [-0.4, -0.2) is 35.3 Å². The highest BCUT2D eigenvalue weighted by atomic mass is 16.5. The average molecular weight is 324 g/mol. The van der Waals surface area contributed by atoms with Crippen LogP contribution in [0, 0.1) is 11.3 Å². The summed E-state index contributed by atoms with van der Waals surface area (Å²) in [6.45, 7) is 5.81. The van der Waals surface area contributed by atoms with Crippen molar-refractivity contribution >= 4 is 0 Å². The predicted octanol–water partition coefficient (Wildman–Crippen LogP) is 3.21. The molecule has 2 aromatic carbocycles. The molecule has 4 nitrogen and oxygen atoms in total. The van der Waals surface area contributed by atoms with Crippen molar-refractivity contribution in [3.63, 3.8) is 0 Å². The van der Waals surface area contributed by atoms with E-state index in [2.05, 4.69) is 36.9 Å². The lowest BCUT2D eigenvalue weighted by molar-refractivity contribution is 0.0543. The van der Waals surface area contributed by atoms with Gasteiger partial charge in [-0.05, 0) is 43.7 Å². The van der Waals surface area contributed by atoms with Crippen LogP contribution in [0.5, 0.6) is 5.75 Å². The average Bonchev–Trinajstić information content (AvgIpc) is 2.60. The molecule has 0 amide bonds. The minimum absolute atomic E-state index is 0.226. The Morgan fingerprint density at radius 1 is 1.08 bits per heavy atom. The summed E-state index contributed by atoms with van der Waals surface area (Å²) >= 11 is 0. The molecular weight excluding hydrogens is 300 g/mol. The largest absolute Gasteiger partial charge is 0.491 e. The van der Waals surface area contributed by atoms with Gasteiger partial charge in [0.2, 0.25) is 0 Å². The number of nitriles is 1. The Kier molecular flexibility index (Phi) is 6.80. The van der Waals surface area contributed by atoms with E-state index in [0.717, 1.165) is 6.54 Å². The summed E-state index contributed by atoms with van der Waals surface area (Å²) in [5.74, 6) is 0.659. The fourth-order valence-electron chi connectivity index (χ4n) is 2.42. The number of benzene rings is 2. The van der Waals surface area contributed by atoms with E-state index in [1.54, 1.807) is 24.3 Å². The van der Waals surface area contributed by atoms with Crippen LogP contribution in [0.25, 0.3) is 0 Å². The van der Waals surface area contributed by atoms with Gasteiger partial charge in [0.25, 0.3) is 0 Å². The Hall–Kier alpha value is -2.35. The second-order valence-corrected chi connectivity index (χ2v) is 6.11. The van der Waals surface area contributed by atoms with E-state index in [1.807, 2.05) is 18.2 Å². The van der Waals surface area contributed by atoms with Crippen molar-refractivity contribution in [1.82, 2.24) is 4.90 Å². The van der Waals surface area contributed by atoms with E-state index in [1.165, 1.54) is 5.56 Å². The van der Waals surface area contributed by atoms with Crippen LogP contribution in [0.4, 0.5) is 0 Å². The zero-order valence-electron chi connectivity index (χ0n) is 14.2. The van der Waals surface area contributed by atoms with E-state index < -0.39 is 6.10 Å². The Balaban J connectivity index is 1.85. The van der Waals surface area contributed by atoms with Crippen LogP contribution in [-0.2, 0) is 6.54 Å². The molecule has 0 aliphatic heterocycles. The summed E-state index contributed by atoms with van der Waals surface area (Å²) < 4.78 is 5.61. The number of aliphatic hydroxyl groups excluding tert-OH is 1. The molecule has 4 heteroatoms. The van der Waals surface area contributed by atoms with Gasteiger partial charge < -0.3 is 9.84 Å². The van der Waals surface area contributed by atoms with Crippen molar-refractivity contribution in [2.24, 2.45) is 0 Å². The molecule has 0 aromatic heterocycles. The number of hydrogen-bond donors (Lipinski definition) is 1. The molecule has 0 fully saturated rings. The molecule has 0 unspecified atom stereocenters. The Morgan fingerprint density at radius 3 is 2.33 bits per heavy atom. The fraction of sp³-hybridized carbons (Fsp3) is 0.350. The summed E-state index contributed by atoms with van der Waals surface area (Å²) in [6.07, 6.45) is -0.577. The first-order valence-corrected chi connectivity index (χ1v) is 8.17. The minimum Gasteiger partial charge on any atom is -0.491 e. The van der Waals surface area contributed by atoms with Gasteiger partial charge in [-0.25, -0.2) is 0 Å². The maximum Gasteiger partial charge on any atom is 0.119 e. The quantitative estimate of drug-likeness (QED) is 0.810. The van der Waals surface area contributed by atoms with Gasteiger partial charge in [-0.2, -0.15) is 5.26 Å². The van der Waals surface area contributed by atoms with Crippen molar-refractivity contribution in [2.75, 3.05) is 13.2 Å². The molecule has 0 bridgehead atoms. The van der Waals surface area contributed by atoms with E-state index in [0.29, 0.717) is 23.9 Å². The molecule has 0 radical (unpaired) electrons. The Labute approximate surface area is 143 Å². The first kappa shape index (κ1) is 18.0. The molecule has 1 N–H and O–H groups in total. The summed E-state index contributed by atoms with van der Waals surface area (Å²) in [6, 6.07) is 19.5. The molecule has 1 atom stereocenters. The summed E-state index contributed by atoms with van der Waals surface area (Å²) in [4.78, 5) is 2.22. The highest BCUT2D eigenvalue weighted by molar-refractivity contribution is 5.34. The summed E-state index contributed by atoms with van der Waals surface area (Å²) in [5, 5.41) is 19.1. The van der Waals surface area contributed by atoms with Crippen molar-refractivity contribution in [1.29, 1.82) is 5.26 Å². The van der Waals surface area contributed by atoms with Gasteiger partial charge in [0.1, 0.15) is 18.5 Å². The number of aliphatic hydroxyl groups is 1. The lowest BCUT2D eigenvalue weighted by Gasteiger charge is -2.28. The Bertz CT molecular complexity index is 648. The van der Waals surface area contributed by atoms with E-state index in [-0.39, 0.29) is 6.61 Å². The van der Waals surface area contributed by atoms with Crippen LogP contribution in [0.2, 0.25) is 0 Å². The van der Waals surface area contributed by atoms with Crippen molar-refractivity contribution in [3.05, 3.63) is 65.7 Å². The molecule has 2 rings (SSSR count). The third-order valence-corrected chi connectivity index (χ3v) is 3.83. The van der Waals surface area contributed by atoms with E-state index in [9.17, 15) is 5.11 Å². The van der Waals surface area contributed by atoms with E-state index >= 15 is 0 Å². The van der Waals surface area contributed by atoms with Gasteiger partial charge in [0.15, 0.2) is 0 Å². The number of hydrogen-bond acceptors (Lipinski definition) is 4. The monoisotopic (exact) mass is 324 g/mol. The number of rotatable bonds is 8. The zero-order valence-corrected chi connectivity index (χ0v) is 14.2. The maximum atomic E-state index is 10.3. The summed E-state index contributed by atoms with van der Waals surface area (Å²) in [5.41, 5.74) is 1.82. The fourth-order valence-corrected chi connectivity index (χ4v) is 2.42. The molecule has 126 valence electrons. The second kappa shape index (κ2) is 9.07.